The summed E-state index contributed by atoms with van der Waals surface area (Å²) < 4.78 is 10.9. The average molecular weight is 263 g/mol. The van der Waals surface area contributed by atoms with Crippen LogP contribution in [0.25, 0.3) is 0 Å². The highest BCUT2D eigenvalue weighted by Crippen LogP contribution is 2.26. The molecule has 2 N–H and O–H groups in total. The second-order valence-electron chi connectivity index (χ2n) is 6.01. The van der Waals surface area contributed by atoms with Crippen LogP contribution in [0.1, 0.15) is 37.8 Å². The summed E-state index contributed by atoms with van der Waals surface area (Å²) >= 11 is 0. The van der Waals surface area contributed by atoms with Crippen LogP contribution in [0.15, 0.2) is 18.2 Å². The molecule has 19 heavy (non-hydrogen) atoms. The number of aryl methyl sites for hydroxylation is 1. The molecule has 0 aliphatic carbocycles. The fourth-order valence-electron chi connectivity index (χ4n) is 2.56. The lowest BCUT2D eigenvalue weighted by atomic mass is 9.94. The van der Waals surface area contributed by atoms with Crippen LogP contribution in [0, 0.1) is 0 Å². The summed E-state index contributed by atoms with van der Waals surface area (Å²) in [4.78, 5) is 0. The van der Waals surface area contributed by atoms with Crippen molar-refractivity contribution >= 4 is 0 Å². The van der Waals surface area contributed by atoms with Crippen molar-refractivity contribution in [1.29, 1.82) is 0 Å². The lowest BCUT2D eigenvalue weighted by molar-refractivity contribution is 0.00959. The molecule has 0 radical (unpaired) electrons. The molecule has 1 aliphatic rings. The van der Waals surface area contributed by atoms with E-state index in [-0.39, 0.29) is 11.6 Å². The van der Waals surface area contributed by atoms with Crippen molar-refractivity contribution in [2.75, 3.05) is 13.7 Å². The van der Waals surface area contributed by atoms with Gasteiger partial charge in [0, 0.05) is 19.6 Å². The number of ether oxygens (including phenoxy) is 2. The third-order valence-electron chi connectivity index (χ3n) is 3.86. The molecule has 1 aliphatic heterocycles. The third kappa shape index (κ3) is 3.95. The molecule has 0 bridgehead atoms. The molecule has 0 spiro atoms. The normalized spacial score (nSPS) is 16.0. The van der Waals surface area contributed by atoms with Crippen LogP contribution >= 0.6 is 0 Å². The highest BCUT2D eigenvalue weighted by Gasteiger charge is 2.20. The summed E-state index contributed by atoms with van der Waals surface area (Å²) in [6, 6.07) is 6.68. The topological polar surface area (TPSA) is 44.5 Å². The van der Waals surface area contributed by atoms with Gasteiger partial charge in [0.15, 0.2) is 0 Å². The molecule has 2 rings (SSSR count). The zero-order valence-corrected chi connectivity index (χ0v) is 12.2. The minimum Gasteiger partial charge on any atom is -0.493 e. The van der Waals surface area contributed by atoms with Gasteiger partial charge in [0.1, 0.15) is 5.75 Å². The first-order valence-electron chi connectivity index (χ1n) is 7.05. The molecule has 1 aromatic rings. The molecule has 106 valence electrons. The van der Waals surface area contributed by atoms with Crippen molar-refractivity contribution in [2.45, 2.75) is 51.2 Å². The standard InChI is InChI=1S/C16H25NO2/c1-16(2,18-3)11-14(17)6-4-12-5-7-15-13(10-12)8-9-19-15/h5,7,10,14H,4,6,8-9,11,17H2,1-3H3. The number of nitrogens with two attached hydrogens (primary N) is 1. The van der Waals surface area contributed by atoms with E-state index in [4.69, 9.17) is 15.2 Å². The Hall–Kier alpha value is -1.06. The number of fused-ring (bicyclic) bond motifs is 1. The molecular weight excluding hydrogens is 238 g/mol. The van der Waals surface area contributed by atoms with Crippen molar-refractivity contribution in [1.82, 2.24) is 0 Å². The molecule has 0 aromatic heterocycles. The van der Waals surface area contributed by atoms with Gasteiger partial charge in [-0.05, 0) is 50.3 Å². The lowest BCUT2D eigenvalue weighted by Crippen LogP contribution is -2.33. The second kappa shape index (κ2) is 5.93. The zero-order valence-electron chi connectivity index (χ0n) is 12.2. The van der Waals surface area contributed by atoms with Crippen LogP contribution in [0.5, 0.6) is 5.75 Å². The number of hydrogen-bond acceptors (Lipinski definition) is 3. The number of hydrogen-bond donors (Lipinski definition) is 1. The largest absolute Gasteiger partial charge is 0.493 e. The quantitative estimate of drug-likeness (QED) is 0.858. The second-order valence-corrected chi connectivity index (χ2v) is 6.01. The highest BCUT2D eigenvalue weighted by molar-refractivity contribution is 5.39. The SMILES string of the molecule is COC(C)(C)CC(N)CCc1ccc2c(c1)CCO2. The monoisotopic (exact) mass is 263 g/mol. The summed E-state index contributed by atoms with van der Waals surface area (Å²) in [7, 11) is 1.74. The molecule has 1 aromatic carbocycles. The van der Waals surface area contributed by atoms with E-state index in [0.29, 0.717) is 0 Å². The third-order valence-corrected chi connectivity index (χ3v) is 3.86. The minimum atomic E-state index is -0.134. The molecule has 1 heterocycles. The van der Waals surface area contributed by atoms with E-state index in [1.54, 1.807) is 7.11 Å². The number of rotatable bonds is 6. The predicted octanol–water partition coefficient (Wildman–Crippen LogP) is 2.70. The zero-order chi connectivity index (χ0) is 13.9. The van der Waals surface area contributed by atoms with Crippen LogP contribution in [0.2, 0.25) is 0 Å². The first kappa shape index (κ1) is 14.4. The Balaban J connectivity index is 1.85. The summed E-state index contributed by atoms with van der Waals surface area (Å²) in [6.07, 6.45) is 3.93. The van der Waals surface area contributed by atoms with Crippen molar-refractivity contribution in [3.63, 3.8) is 0 Å². The van der Waals surface area contributed by atoms with Gasteiger partial charge in [-0.2, -0.15) is 0 Å². The van der Waals surface area contributed by atoms with Gasteiger partial charge in [-0.1, -0.05) is 12.1 Å². The highest BCUT2D eigenvalue weighted by atomic mass is 16.5. The van der Waals surface area contributed by atoms with Crippen LogP contribution in [0.3, 0.4) is 0 Å². The number of benzene rings is 1. The van der Waals surface area contributed by atoms with Gasteiger partial charge >= 0.3 is 0 Å². The Labute approximate surface area is 116 Å². The Morgan fingerprint density at radius 2 is 2.21 bits per heavy atom. The van der Waals surface area contributed by atoms with Crippen LogP contribution < -0.4 is 10.5 Å². The van der Waals surface area contributed by atoms with E-state index in [1.807, 2.05) is 0 Å². The van der Waals surface area contributed by atoms with Crippen molar-refractivity contribution < 1.29 is 9.47 Å². The average Bonchev–Trinajstić information content (AvgIpc) is 2.83. The molecule has 0 saturated heterocycles. The number of methoxy groups -OCH3 is 1. The first-order valence-corrected chi connectivity index (χ1v) is 7.05. The summed E-state index contributed by atoms with van der Waals surface area (Å²) in [5, 5.41) is 0. The van der Waals surface area contributed by atoms with Gasteiger partial charge < -0.3 is 15.2 Å². The maximum Gasteiger partial charge on any atom is 0.122 e. The van der Waals surface area contributed by atoms with E-state index in [2.05, 4.69) is 32.0 Å². The smallest absolute Gasteiger partial charge is 0.122 e. The van der Waals surface area contributed by atoms with E-state index >= 15 is 0 Å². The first-order chi connectivity index (χ1) is 9.00. The predicted molar refractivity (Wildman–Crippen MR) is 77.6 cm³/mol. The summed E-state index contributed by atoms with van der Waals surface area (Å²) in [5.74, 6) is 1.05. The molecule has 3 heteroatoms. The lowest BCUT2D eigenvalue weighted by Gasteiger charge is -2.26. The van der Waals surface area contributed by atoms with Crippen molar-refractivity contribution in [3.05, 3.63) is 29.3 Å². The molecule has 0 saturated carbocycles. The van der Waals surface area contributed by atoms with Crippen LogP contribution in [-0.4, -0.2) is 25.4 Å². The van der Waals surface area contributed by atoms with E-state index in [0.717, 1.165) is 38.0 Å². The van der Waals surface area contributed by atoms with Gasteiger partial charge in [-0.25, -0.2) is 0 Å². The fraction of sp³-hybridized carbons (Fsp3) is 0.625. The maximum absolute atomic E-state index is 6.19. The van der Waals surface area contributed by atoms with Gasteiger partial charge in [0.25, 0.3) is 0 Å². The van der Waals surface area contributed by atoms with Gasteiger partial charge in [0.2, 0.25) is 0 Å². The minimum absolute atomic E-state index is 0.134. The van der Waals surface area contributed by atoms with Crippen molar-refractivity contribution in [2.24, 2.45) is 5.73 Å². The van der Waals surface area contributed by atoms with E-state index < -0.39 is 0 Å². The molecule has 0 amide bonds. The summed E-state index contributed by atoms with van der Waals surface area (Å²) in [5.41, 5.74) is 8.75. The Bertz CT molecular complexity index is 429. The van der Waals surface area contributed by atoms with Crippen molar-refractivity contribution in [3.8, 4) is 5.75 Å². The fourth-order valence-corrected chi connectivity index (χ4v) is 2.56. The molecule has 3 nitrogen and oxygen atoms in total. The van der Waals surface area contributed by atoms with Crippen LogP contribution in [0.4, 0.5) is 0 Å². The van der Waals surface area contributed by atoms with E-state index in [1.165, 1.54) is 11.1 Å². The Morgan fingerprint density at radius 1 is 1.42 bits per heavy atom. The molecular formula is C16H25NO2. The Morgan fingerprint density at radius 3 is 2.95 bits per heavy atom. The van der Waals surface area contributed by atoms with Crippen LogP contribution in [-0.2, 0) is 17.6 Å². The van der Waals surface area contributed by atoms with Gasteiger partial charge in [0.05, 0.1) is 12.2 Å². The van der Waals surface area contributed by atoms with Gasteiger partial charge in [-0.3, -0.25) is 0 Å². The molecule has 0 fully saturated rings. The molecule has 1 unspecified atom stereocenters. The summed E-state index contributed by atoms with van der Waals surface area (Å²) in [6.45, 7) is 4.99. The maximum atomic E-state index is 6.19. The molecule has 1 atom stereocenters. The van der Waals surface area contributed by atoms with Gasteiger partial charge in [-0.15, -0.1) is 0 Å². The van der Waals surface area contributed by atoms with E-state index in [9.17, 15) is 0 Å². The Kier molecular flexibility index (Phi) is 4.48.